The molecule has 1 heterocycles. The minimum atomic E-state index is -3.21. The van der Waals surface area contributed by atoms with Gasteiger partial charge in [-0.05, 0) is 30.7 Å². The van der Waals surface area contributed by atoms with E-state index in [1.54, 1.807) is 31.2 Å². The molecule has 0 spiro atoms. The molecule has 1 aromatic carbocycles. The van der Waals surface area contributed by atoms with E-state index in [0.29, 0.717) is 43.5 Å². The van der Waals surface area contributed by atoms with E-state index < -0.39 is 10.0 Å². The number of anilines is 1. The summed E-state index contributed by atoms with van der Waals surface area (Å²) in [6, 6.07) is 6.72. The van der Waals surface area contributed by atoms with Crippen LogP contribution in [0.3, 0.4) is 0 Å². The van der Waals surface area contributed by atoms with Crippen molar-refractivity contribution in [3.63, 3.8) is 0 Å². The highest BCUT2D eigenvalue weighted by Gasteiger charge is 2.14. The normalized spacial score (nSPS) is 11.8. The van der Waals surface area contributed by atoms with E-state index >= 15 is 0 Å². The van der Waals surface area contributed by atoms with Crippen LogP contribution in [0.1, 0.15) is 38.9 Å². The van der Waals surface area contributed by atoms with Gasteiger partial charge in [-0.15, -0.1) is 0 Å². The van der Waals surface area contributed by atoms with Crippen LogP contribution >= 0.6 is 0 Å². The Kier molecular flexibility index (Phi) is 7.53. The van der Waals surface area contributed by atoms with Crippen molar-refractivity contribution in [1.82, 2.24) is 19.8 Å². The first-order valence-corrected chi connectivity index (χ1v) is 11.0. The minimum Gasteiger partial charge on any atom is -0.338 e. The average Bonchev–Trinajstić information content (AvgIpc) is 3.11. The number of rotatable bonds is 9. The molecule has 2 N–H and O–H groups in total. The van der Waals surface area contributed by atoms with Crippen LogP contribution in [0.5, 0.6) is 0 Å². The Morgan fingerprint density at radius 3 is 2.46 bits per heavy atom. The van der Waals surface area contributed by atoms with Gasteiger partial charge in [-0.1, -0.05) is 25.9 Å². The topological polar surface area (TPSA) is 117 Å². The lowest BCUT2D eigenvalue weighted by atomic mass is 10.2. The van der Waals surface area contributed by atoms with Crippen molar-refractivity contribution in [3.8, 4) is 11.5 Å². The van der Waals surface area contributed by atoms with Gasteiger partial charge in [-0.2, -0.15) is 4.98 Å². The fraction of sp³-hybridized carbons (Fsp3) is 0.500. The molecule has 28 heavy (non-hydrogen) atoms. The van der Waals surface area contributed by atoms with Crippen molar-refractivity contribution in [2.45, 2.75) is 33.1 Å². The highest BCUT2D eigenvalue weighted by atomic mass is 32.2. The number of carbonyl (C=O) groups excluding carboxylic acids is 1. The predicted octanol–water partition coefficient (Wildman–Crippen LogP) is 2.65. The maximum absolute atomic E-state index is 12.0. The molecule has 154 valence electrons. The molecule has 0 saturated carbocycles. The summed E-state index contributed by atoms with van der Waals surface area (Å²) < 4.78 is 29.6. The quantitative estimate of drug-likeness (QED) is 0.615. The molecule has 9 nitrogen and oxygen atoms in total. The summed E-state index contributed by atoms with van der Waals surface area (Å²) >= 11 is 0. The van der Waals surface area contributed by atoms with Gasteiger partial charge < -0.3 is 15.2 Å². The molecule has 0 aliphatic carbocycles. The number of benzene rings is 1. The summed E-state index contributed by atoms with van der Waals surface area (Å²) in [5.41, 5.74) is 1.39. The number of urea groups is 1. The zero-order valence-corrected chi connectivity index (χ0v) is 17.4. The van der Waals surface area contributed by atoms with Crippen LogP contribution in [0.15, 0.2) is 28.8 Å². The number of hydrogen-bond donors (Lipinski definition) is 2. The number of sulfonamides is 1. The van der Waals surface area contributed by atoms with Gasteiger partial charge in [0.15, 0.2) is 5.82 Å². The van der Waals surface area contributed by atoms with E-state index in [1.165, 1.54) is 10.6 Å². The molecular formula is C18H27N5O4S. The maximum Gasteiger partial charge on any atom is 0.319 e. The zero-order chi connectivity index (χ0) is 20.7. The van der Waals surface area contributed by atoms with Crippen molar-refractivity contribution in [2.24, 2.45) is 0 Å². The standard InChI is InChI=1S/C18H27N5O4S/c1-5-23(28(4,25)26)12-6-11-19-18(24)20-15-9-7-14(8-10-15)17-21-16(13(2)3)22-27-17/h7-10,13H,5-6,11-12H2,1-4H3,(H2,19,20,24). The van der Waals surface area contributed by atoms with Gasteiger partial charge in [0, 0.05) is 36.8 Å². The fourth-order valence-electron chi connectivity index (χ4n) is 2.47. The first-order valence-electron chi connectivity index (χ1n) is 9.14. The van der Waals surface area contributed by atoms with Crippen LogP contribution < -0.4 is 10.6 Å². The summed E-state index contributed by atoms with van der Waals surface area (Å²) in [4.78, 5) is 16.3. The summed E-state index contributed by atoms with van der Waals surface area (Å²) in [6.07, 6.45) is 1.71. The molecule has 0 fully saturated rings. The van der Waals surface area contributed by atoms with Gasteiger partial charge in [0.05, 0.1) is 6.26 Å². The summed E-state index contributed by atoms with van der Waals surface area (Å²) in [5.74, 6) is 1.27. The molecule has 0 saturated heterocycles. The maximum atomic E-state index is 12.0. The van der Waals surface area contributed by atoms with Gasteiger partial charge in [0.2, 0.25) is 10.0 Å². The minimum absolute atomic E-state index is 0.184. The number of nitrogens with one attached hydrogen (secondary N) is 2. The summed E-state index contributed by atoms with van der Waals surface area (Å²) in [5, 5.41) is 9.37. The average molecular weight is 410 g/mol. The highest BCUT2D eigenvalue weighted by molar-refractivity contribution is 7.88. The van der Waals surface area contributed by atoms with Gasteiger partial charge in [0.1, 0.15) is 0 Å². The van der Waals surface area contributed by atoms with Crippen molar-refractivity contribution in [1.29, 1.82) is 0 Å². The molecule has 0 radical (unpaired) electrons. The zero-order valence-electron chi connectivity index (χ0n) is 16.6. The van der Waals surface area contributed by atoms with Gasteiger partial charge >= 0.3 is 6.03 Å². The Hall–Kier alpha value is -2.46. The smallest absolute Gasteiger partial charge is 0.319 e. The fourth-order valence-corrected chi connectivity index (χ4v) is 3.40. The van der Waals surface area contributed by atoms with E-state index in [2.05, 4.69) is 20.8 Å². The third-order valence-corrected chi connectivity index (χ3v) is 5.42. The SMILES string of the molecule is CCN(CCCNC(=O)Nc1ccc(-c2nc(C(C)C)no2)cc1)S(C)(=O)=O. The van der Waals surface area contributed by atoms with Crippen molar-refractivity contribution in [2.75, 3.05) is 31.2 Å². The molecule has 2 rings (SSSR count). The van der Waals surface area contributed by atoms with Crippen LogP contribution in [0.4, 0.5) is 10.5 Å². The Morgan fingerprint density at radius 2 is 1.93 bits per heavy atom. The number of hydrogen-bond acceptors (Lipinski definition) is 6. The van der Waals surface area contributed by atoms with E-state index in [4.69, 9.17) is 4.52 Å². The molecule has 0 aliphatic heterocycles. The van der Waals surface area contributed by atoms with Crippen LogP contribution in [-0.2, 0) is 10.0 Å². The molecule has 0 atom stereocenters. The monoisotopic (exact) mass is 409 g/mol. The number of carbonyl (C=O) groups is 1. The Balaban J connectivity index is 1.81. The summed E-state index contributed by atoms with van der Waals surface area (Å²) in [6.45, 7) is 6.91. The van der Waals surface area contributed by atoms with Crippen LogP contribution in [0, 0.1) is 0 Å². The van der Waals surface area contributed by atoms with Crippen molar-refractivity contribution >= 4 is 21.7 Å². The number of aromatic nitrogens is 2. The highest BCUT2D eigenvalue weighted by Crippen LogP contribution is 2.21. The van der Waals surface area contributed by atoms with E-state index in [1.807, 2.05) is 13.8 Å². The number of nitrogens with zero attached hydrogens (tertiary/aromatic N) is 3. The second kappa shape index (κ2) is 9.65. The Morgan fingerprint density at radius 1 is 1.25 bits per heavy atom. The van der Waals surface area contributed by atoms with E-state index in [-0.39, 0.29) is 11.9 Å². The molecule has 0 bridgehead atoms. The lowest BCUT2D eigenvalue weighted by Gasteiger charge is -2.17. The first kappa shape index (κ1) is 21.8. The second-order valence-corrected chi connectivity index (χ2v) is 8.66. The molecule has 0 unspecified atom stereocenters. The molecule has 2 aromatic rings. The van der Waals surface area contributed by atoms with Crippen LogP contribution in [-0.4, -0.2) is 54.8 Å². The Bertz CT molecular complexity index is 878. The molecule has 0 aliphatic rings. The van der Waals surface area contributed by atoms with E-state index in [0.717, 1.165) is 5.56 Å². The van der Waals surface area contributed by atoms with Crippen molar-refractivity contribution in [3.05, 3.63) is 30.1 Å². The Labute approximate surface area is 165 Å². The van der Waals surface area contributed by atoms with Crippen molar-refractivity contribution < 1.29 is 17.7 Å². The van der Waals surface area contributed by atoms with Gasteiger partial charge in [-0.25, -0.2) is 17.5 Å². The van der Waals surface area contributed by atoms with Gasteiger partial charge in [0.25, 0.3) is 5.89 Å². The van der Waals surface area contributed by atoms with Crippen LogP contribution in [0.2, 0.25) is 0 Å². The molecule has 10 heteroatoms. The molecular weight excluding hydrogens is 382 g/mol. The second-order valence-electron chi connectivity index (χ2n) is 6.68. The van der Waals surface area contributed by atoms with Gasteiger partial charge in [-0.3, -0.25) is 0 Å². The third kappa shape index (κ3) is 6.31. The lowest BCUT2D eigenvalue weighted by Crippen LogP contribution is -2.34. The van der Waals surface area contributed by atoms with Crippen LogP contribution in [0.25, 0.3) is 11.5 Å². The molecule has 2 amide bonds. The lowest BCUT2D eigenvalue weighted by molar-refractivity contribution is 0.251. The summed E-state index contributed by atoms with van der Waals surface area (Å²) in [7, 11) is -3.21. The van der Waals surface area contributed by atoms with E-state index in [9.17, 15) is 13.2 Å². The third-order valence-electron chi connectivity index (χ3n) is 4.04. The predicted molar refractivity (Wildman–Crippen MR) is 108 cm³/mol. The number of amides is 2. The molecule has 1 aromatic heterocycles. The first-order chi connectivity index (χ1) is 13.2. The largest absolute Gasteiger partial charge is 0.338 e.